The van der Waals surface area contributed by atoms with Crippen LogP contribution in [-0.4, -0.2) is 44.7 Å². The van der Waals surface area contributed by atoms with Crippen molar-refractivity contribution in [1.82, 2.24) is 10.1 Å². The maximum Gasteiger partial charge on any atom is 0.327 e. The number of rotatable bonds is 3. The van der Waals surface area contributed by atoms with Crippen molar-refractivity contribution in [2.24, 2.45) is 0 Å². The van der Waals surface area contributed by atoms with Crippen molar-refractivity contribution in [3.05, 3.63) is 17.0 Å². The fourth-order valence-corrected chi connectivity index (χ4v) is 3.18. The van der Waals surface area contributed by atoms with E-state index in [0.717, 1.165) is 0 Å². The summed E-state index contributed by atoms with van der Waals surface area (Å²) in [6.07, 6.45) is 0. The molecule has 1 atom stereocenters. The predicted octanol–water partition coefficient (Wildman–Crippen LogP) is 1.71. The molecule has 1 saturated heterocycles. The number of carbonyl (C=O) groups excluding carboxylic acids is 1. The average molecular weight is 284 g/mol. The lowest BCUT2D eigenvalue weighted by atomic mass is 10.0. The number of carboxylic acid groups (broad SMARTS) is 1. The number of aromatic nitrogens is 1. The Balaban J connectivity index is 2.34. The van der Waals surface area contributed by atoms with Gasteiger partial charge in [-0.1, -0.05) is 19.0 Å². The molecule has 1 aromatic rings. The van der Waals surface area contributed by atoms with E-state index in [9.17, 15) is 9.59 Å². The van der Waals surface area contributed by atoms with Gasteiger partial charge in [0.15, 0.2) is 5.76 Å². The lowest BCUT2D eigenvalue weighted by Crippen LogP contribution is -2.42. The zero-order valence-electron chi connectivity index (χ0n) is 11.0. The van der Waals surface area contributed by atoms with E-state index in [-0.39, 0.29) is 11.8 Å². The number of nitrogens with zero attached hydrogens (tertiary/aromatic N) is 2. The van der Waals surface area contributed by atoms with E-state index in [0.29, 0.717) is 28.6 Å². The summed E-state index contributed by atoms with van der Waals surface area (Å²) in [5.41, 5.74) is 0.915. The van der Waals surface area contributed by atoms with E-state index in [4.69, 9.17) is 9.63 Å². The molecule has 2 heterocycles. The largest absolute Gasteiger partial charge is 0.480 e. The minimum Gasteiger partial charge on any atom is -0.480 e. The van der Waals surface area contributed by atoms with E-state index in [1.54, 1.807) is 6.92 Å². The molecule has 0 radical (unpaired) electrons. The molecule has 19 heavy (non-hydrogen) atoms. The van der Waals surface area contributed by atoms with Crippen LogP contribution >= 0.6 is 11.8 Å². The first-order valence-corrected chi connectivity index (χ1v) is 7.16. The third-order valence-electron chi connectivity index (χ3n) is 3.06. The van der Waals surface area contributed by atoms with Gasteiger partial charge >= 0.3 is 5.97 Å². The van der Waals surface area contributed by atoms with Crippen molar-refractivity contribution in [2.45, 2.75) is 32.7 Å². The number of carbonyl (C=O) groups is 2. The topological polar surface area (TPSA) is 83.6 Å². The van der Waals surface area contributed by atoms with Gasteiger partial charge in [0.25, 0.3) is 5.91 Å². The second-order valence-electron chi connectivity index (χ2n) is 4.79. The maximum atomic E-state index is 12.5. The fraction of sp³-hybridized carbons (Fsp3) is 0.583. The van der Waals surface area contributed by atoms with Crippen LogP contribution in [0.1, 0.15) is 41.6 Å². The molecule has 1 fully saturated rings. The number of hydrogen-bond donors (Lipinski definition) is 1. The minimum absolute atomic E-state index is 0.0266. The monoisotopic (exact) mass is 284 g/mol. The molecule has 7 heteroatoms. The van der Waals surface area contributed by atoms with Crippen LogP contribution in [0.5, 0.6) is 0 Å². The van der Waals surface area contributed by atoms with Crippen LogP contribution in [0.4, 0.5) is 0 Å². The summed E-state index contributed by atoms with van der Waals surface area (Å²) in [7, 11) is 0. The Bertz CT molecular complexity index is 512. The highest BCUT2D eigenvalue weighted by molar-refractivity contribution is 7.99. The Hall–Kier alpha value is -1.50. The van der Waals surface area contributed by atoms with Crippen molar-refractivity contribution in [2.75, 3.05) is 11.6 Å². The number of hydrogen-bond acceptors (Lipinski definition) is 5. The molecule has 1 aromatic heterocycles. The van der Waals surface area contributed by atoms with E-state index in [1.807, 2.05) is 13.8 Å². The second kappa shape index (κ2) is 5.24. The lowest BCUT2D eigenvalue weighted by Gasteiger charge is -2.20. The molecule has 2 rings (SSSR count). The SMILES string of the molecule is Cc1noc(C(C)C)c1C(=O)N1CSC[C@H]1C(=O)O. The molecule has 0 bridgehead atoms. The number of amides is 1. The van der Waals surface area contributed by atoms with Gasteiger partial charge in [0.1, 0.15) is 11.6 Å². The van der Waals surface area contributed by atoms with E-state index in [2.05, 4.69) is 5.16 Å². The van der Waals surface area contributed by atoms with E-state index in [1.165, 1.54) is 16.7 Å². The number of aryl methyl sites for hydroxylation is 1. The number of aliphatic carboxylic acids is 1. The van der Waals surface area contributed by atoms with Gasteiger partial charge in [0, 0.05) is 11.7 Å². The molecule has 0 unspecified atom stereocenters. The van der Waals surface area contributed by atoms with Crippen LogP contribution in [0.2, 0.25) is 0 Å². The average Bonchev–Trinajstić information content (AvgIpc) is 2.93. The Morgan fingerprint density at radius 2 is 2.21 bits per heavy atom. The van der Waals surface area contributed by atoms with Crippen LogP contribution in [0, 0.1) is 6.92 Å². The molecule has 104 valence electrons. The van der Waals surface area contributed by atoms with Gasteiger partial charge in [0.2, 0.25) is 0 Å². The summed E-state index contributed by atoms with van der Waals surface area (Å²) in [5.74, 6) is 0.0704. The predicted molar refractivity (Wildman–Crippen MR) is 70.2 cm³/mol. The Morgan fingerprint density at radius 1 is 1.53 bits per heavy atom. The highest BCUT2D eigenvalue weighted by atomic mass is 32.2. The summed E-state index contributed by atoms with van der Waals surface area (Å²) in [5, 5.41) is 13.0. The zero-order valence-corrected chi connectivity index (χ0v) is 11.9. The van der Waals surface area contributed by atoms with Crippen molar-refractivity contribution in [1.29, 1.82) is 0 Å². The quantitative estimate of drug-likeness (QED) is 0.909. The Morgan fingerprint density at radius 3 is 2.79 bits per heavy atom. The normalized spacial score (nSPS) is 19.2. The van der Waals surface area contributed by atoms with Crippen LogP contribution in [0.15, 0.2) is 4.52 Å². The number of carboxylic acids is 1. The second-order valence-corrected chi connectivity index (χ2v) is 5.79. The van der Waals surface area contributed by atoms with E-state index < -0.39 is 12.0 Å². The molecule has 0 aromatic carbocycles. The van der Waals surface area contributed by atoms with Gasteiger partial charge in [0.05, 0.1) is 11.6 Å². The van der Waals surface area contributed by atoms with Gasteiger partial charge in [-0.15, -0.1) is 11.8 Å². The molecule has 1 aliphatic heterocycles. The van der Waals surface area contributed by atoms with Crippen molar-refractivity contribution < 1.29 is 19.2 Å². The van der Waals surface area contributed by atoms with Crippen LogP contribution in [0.25, 0.3) is 0 Å². The molecular weight excluding hydrogens is 268 g/mol. The van der Waals surface area contributed by atoms with Gasteiger partial charge in [-0.25, -0.2) is 4.79 Å². The first-order chi connectivity index (χ1) is 8.93. The van der Waals surface area contributed by atoms with Crippen LogP contribution in [0.3, 0.4) is 0 Å². The standard InChI is InChI=1S/C12H16N2O4S/c1-6(2)10-9(7(3)13-18-10)11(15)14-5-19-4-8(14)12(16)17/h6,8H,4-5H2,1-3H3,(H,16,17)/t8-/m0/s1. The van der Waals surface area contributed by atoms with Gasteiger partial charge in [-0.05, 0) is 6.92 Å². The fourth-order valence-electron chi connectivity index (χ4n) is 2.03. The molecule has 1 amide bonds. The maximum absolute atomic E-state index is 12.5. The third kappa shape index (κ3) is 2.47. The zero-order chi connectivity index (χ0) is 14.2. The van der Waals surface area contributed by atoms with Crippen LogP contribution in [-0.2, 0) is 4.79 Å². The van der Waals surface area contributed by atoms with Gasteiger partial charge in [-0.2, -0.15) is 0 Å². The Labute approximate surface area is 115 Å². The summed E-state index contributed by atoms with van der Waals surface area (Å²) in [4.78, 5) is 25.0. The first-order valence-electron chi connectivity index (χ1n) is 6.01. The lowest BCUT2D eigenvalue weighted by molar-refractivity contribution is -0.140. The van der Waals surface area contributed by atoms with Gasteiger partial charge in [-0.3, -0.25) is 4.79 Å². The Kier molecular flexibility index (Phi) is 3.84. The van der Waals surface area contributed by atoms with Crippen molar-refractivity contribution in [3.8, 4) is 0 Å². The van der Waals surface area contributed by atoms with E-state index >= 15 is 0 Å². The first kappa shape index (κ1) is 13.9. The third-order valence-corrected chi connectivity index (χ3v) is 4.07. The van der Waals surface area contributed by atoms with Crippen LogP contribution < -0.4 is 0 Å². The summed E-state index contributed by atoms with van der Waals surface area (Å²) < 4.78 is 5.18. The van der Waals surface area contributed by atoms with Crippen molar-refractivity contribution in [3.63, 3.8) is 0 Å². The molecule has 0 aliphatic carbocycles. The smallest absolute Gasteiger partial charge is 0.327 e. The molecule has 0 saturated carbocycles. The molecule has 0 spiro atoms. The minimum atomic E-state index is -0.974. The highest BCUT2D eigenvalue weighted by Crippen LogP contribution is 2.28. The van der Waals surface area contributed by atoms with Gasteiger partial charge < -0.3 is 14.5 Å². The highest BCUT2D eigenvalue weighted by Gasteiger charge is 2.37. The molecule has 1 aliphatic rings. The van der Waals surface area contributed by atoms with Crippen molar-refractivity contribution >= 4 is 23.6 Å². The molecule has 6 nitrogen and oxygen atoms in total. The summed E-state index contributed by atoms with van der Waals surface area (Å²) >= 11 is 1.44. The summed E-state index contributed by atoms with van der Waals surface area (Å²) in [6, 6.07) is -0.771. The molecular formula is C12H16N2O4S. The summed E-state index contributed by atoms with van der Waals surface area (Å²) in [6.45, 7) is 5.51. The number of thioether (sulfide) groups is 1. The molecule has 1 N–H and O–H groups in total.